The van der Waals surface area contributed by atoms with Crippen LogP contribution in [0.3, 0.4) is 0 Å². The summed E-state index contributed by atoms with van der Waals surface area (Å²) in [6.45, 7) is 0. The third-order valence-electron chi connectivity index (χ3n) is 11.7. The van der Waals surface area contributed by atoms with Crippen molar-refractivity contribution < 1.29 is 0 Å². The molecule has 3 heteroatoms. The topological polar surface area (TPSA) is 9.86 Å². The van der Waals surface area contributed by atoms with E-state index in [-0.39, 0.29) is 0 Å². The molecule has 12 rings (SSSR count). The van der Waals surface area contributed by atoms with Gasteiger partial charge in [-0.2, -0.15) is 0 Å². The minimum atomic E-state index is 1.13. The zero-order valence-corrected chi connectivity index (χ0v) is 31.7. The number of benzene rings is 9. The number of nitrogens with zero attached hydrogens (tertiary/aromatic N) is 2. The minimum absolute atomic E-state index is 1.13. The standard InChI is InChI=1S/C54H34N2S/c1-6-25-49-43(18-1)44-19-2-7-26-50(44)55(49)40-32-39(33-41(34-40)56-51-27-8-3-20-45(51)46-21-4-9-28-52(46)56)37-16-11-14-35(30-37)36-15-12-17-38(31-36)42-23-13-24-48-47-22-5-10-29-53(47)57-54(42)48/h1-34H. The second kappa shape index (κ2) is 12.7. The SMILES string of the molecule is c1cc(-c2cccc(-c3cccc4c3sc3ccccc34)c2)cc(-c2cc(-n3c4ccccc4c4ccccc43)cc(-n3c4ccccc4c4ccccc43)c2)c1. The fourth-order valence-electron chi connectivity index (χ4n) is 9.14. The Hall–Kier alpha value is -7.20. The van der Waals surface area contributed by atoms with Crippen LogP contribution in [0, 0.1) is 0 Å². The normalized spacial score (nSPS) is 11.9. The van der Waals surface area contributed by atoms with Crippen molar-refractivity contribution in [1.29, 1.82) is 0 Å². The molecule has 0 aliphatic rings. The lowest BCUT2D eigenvalue weighted by atomic mass is 9.95. The highest BCUT2D eigenvalue weighted by atomic mass is 32.1. The van der Waals surface area contributed by atoms with Crippen LogP contribution in [0.15, 0.2) is 206 Å². The molecule has 0 bridgehead atoms. The number of hydrogen-bond acceptors (Lipinski definition) is 1. The van der Waals surface area contributed by atoms with Crippen LogP contribution in [0.25, 0.3) is 109 Å². The molecule has 0 saturated heterocycles. The third-order valence-corrected chi connectivity index (χ3v) is 12.9. The molecule has 9 aromatic carbocycles. The molecule has 2 nitrogen and oxygen atoms in total. The zero-order valence-electron chi connectivity index (χ0n) is 30.9. The van der Waals surface area contributed by atoms with Gasteiger partial charge in [-0.3, -0.25) is 0 Å². The second-order valence-electron chi connectivity index (χ2n) is 14.9. The van der Waals surface area contributed by atoms with E-state index in [1.54, 1.807) is 0 Å². The largest absolute Gasteiger partial charge is 0.309 e. The fourth-order valence-corrected chi connectivity index (χ4v) is 10.4. The van der Waals surface area contributed by atoms with E-state index in [9.17, 15) is 0 Å². The average molecular weight is 743 g/mol. The molecule has 3 aromatic heterocycles. The lowest BCUT2D eigenvalue weighted by Gasteiger charge is -2.16. The van der Waals surface area contributed by atoms with Gasteiger partial charge in [-0.05, 0) is 94.0 Å². The Labute approximate surface area is 333 Å². The number of aromatic nitrogens is 2. The Balaban J connectivity index is 1.06. The van der Waals surface area contributed by atoms with E-state index in [0.717, 1.165) is 11.4 Å². The van der Waals surface area contributed by atoms with Crippen molar-refractivity contribution in [1.82, 2.24) is 9.13 Å². The van der Waals surface area contributed by atoms with Crippen molar-refractivity contribution in [2.24, 2.45) is 0 Å². The summed E-state index contributed by atoms with van der Waals surface area (Å²) >= 11 is 1.88. The lowest BCUT2D eigenvalue weighted by molar-refractivity contribution is 1.13. The van der Waals surface area contributed by atoms with Crippen molar-refractivity contribution >= 4 is 75.1 Å². The van der Waals surface area contributed by atoms with Gasteiger partial charge >= 0.3 is 0 Å². The first kappa shape index (κ1) is 32.1. The maximum Gasteiger partial charge on any atom is 0.0541 e. The molecule has 12 aromatic rings. The maximum atomic E-state index is 2.44. The summed E-state index contributed by atoms with van der Waals surface area (Å²) in [6, 6.07) is 75.8. The van der Waals surface area contributed by atoms with Crippen LogP contribution in [0.4, 0.5) is 0 Å². The highest BCUT2D eigenvalue weighted by Gasteiger charge is 2.18. The number of rotatable bonds is 5. The van der Waals surface area contributed by atoms with Crippen LogP contribution >= 0.6 is 11.3 Å². The number of para-hydroxylation sites is 4. The summed E-state index contributed by atoms with van der Waals surface area (Å²) in [6.07, 6.45) is 0. The fraction of sp³-hybridized carbons (Fsp3) is 0. The molecule has 0 atom stereocenters. The Bertz CT molecular complexity index is 3300. The second-order valence-corrected chi connectivity index (χ2v) is 16.0. The van der Waals surface area contributed by atoms with Crippen molar-refractivity contribution in [3.63, 3.8) is 0 Å². The predicted octanol–water partition coefficient (Wildman–Crippen LogP) is 15.2. The molecular formula is C54H34N2S. The van der Waals surface area contributed by atoms with Gasteiger partial charge in [0.1, 0.15) is 0 Å². The highest BCUT2D eigenvalue weighted by molar-refractivity contribution is 7.26. The zero-order chi connectivity index (χ0) is 37.5. The molecule has 0 aliphatic heterocycles. The van der Waals surface area contributed by atoms with Crippen molar-refractivity contribution in [2.45, 2.75) is 0 Å². The van der Waals surface area contributed by atoms with Crippen molar-refractivity contribution in [2.75, 3.05) is 0 Å². The first-order valence-corrected chi connectivity index (χ1v) is 20.3. The summed E-state index contributed by atoms with van der Waals surface area (Å²) in [4.78, 5) is 0. The molecule has 266 valence electrons. The van der Waals surface area contributed by atoms with Crippen LogP contribution in [0.2, 0.25) is 0 Å². The summed E-state index contributed by atoms with van der Waals surface area (Å²) in [5.74, 6) is 0. The molecule has 0 fully saturated rings. The van der Waals surface area contributed by atoms with Crippen LogP contribution in [0.1, 0.15) is 0 Å². The van der Waals surface area contributed by atoms with Gasteiger partial charge in [0.05, 0.1) is 22.1 Å². The predicted molar refractivity (Wildman–Crippen MR) is 244 cm³/mol. The van der Waals surface area contributed by atoms with Crippen LogP contribution in [0.5, 0.6) is 0 Å². The number of fused-ring (bicyclic) bond motifs is 9. The quantitative estimate of drug-likeness (QED) is 0.166. The van der Waals surface area contributed by atoms with Crippen molar-refractivity contribution in [3.8, 4) is 44.8 Å². The van der Waals surface area contributed by atoms with Crippen molar-refractivity contribution in [3.05, 3.63) is 206 Å². The van der Waals surface area contributed by atoms with E-state index in [1.807, 2.05) is 11.3 Å². The van der Waals surface area contributed by atoms with E-state index in [2.05, 4.69) is 215 Å². The summed E-state index contributed by atoms with van der Waals surface area (Å²) in [5.41, 5.74) is 14.3. The van der Waals surface area contributed by atoms with Crippen LogP contribution in [-0.2, 0) is 0 Å². The monoisotopic (exact) mass is 742 g/mol. The van der Waals surface area contributed by atoms with Gasteiger partial charge in [-0.15, -0.1) is 11.3 Å². The first-order valence-electron chi connectivity index (χ1n) is 19.5. The van der Waals surface area contributed by atoms with E-state index in [1.165, 1.54) is 97.2 Å². The smallest absolute Gasteiger partial charge is 0.0541 e. The van der Waals surface area contributed by atoms with E-state index in [0.29, 0.717) is 0 Å². The maximum absolute atomic E-state index is 2.44. The molecule has 0 saturated carbocycles. The molecule has 0 N–H and O–H groups in total. The van der Waals surface area contributed by atoms with Crippen LogP contribution in [-0.4, -0.2) is 9.13 Å². The minimum Gasteiger partial charge on any atom is -0.309 e. The first-order chi connectivity index (χ1) is 28.3. The average Bonchev–Trinajstić information content (AvgIpc) is 3.94. The Kier molecular flexibility index (Phi) is 7.13. The van der Waals surface area contributed by atoms with Gasteiger partial charge in [0, 0.05) is 53.1 Å². The lowest BCUT2D eigenvalue weighted by Crippen LogP contribution is -2.00. The summed E-state index contributed by atoms with van der Waals surface area (Å²) < 4.78 is 7.54. The molecule has 0 radical (unpaired) electrons. The van der Waals surface area contributed by atoms with Gasteiger partial charge in [0.25, 0.3) is 0 Å². The molecule has 0 spiro atoms. The molecule has 3 heterocycles. The van der Waals surface area contributed by atoms with Gasteiger partial charge < -0.3 is 9.13 Å². The Morgan fingerprint density at radius 1 is 0.281 bits per heavy atom. The van der Waals surface area contributed by atoms with Gasteiger partial charge in [-0.1, -0.05) is 146 Å². The summed E-state index contributed by atoms with van der Waals surface area (Å²) in [7, 11) is 0. The Morgan fingerprint density at radius 3 is 1.23 bits per heavy atom. The third kappa shape index (κ3) is 5.03. The number of thiophene rings is 1. The van der Waals surface area contributed by atoms with Gasteiger partial charge in [0.15, 0.2) is 0 Å². The van der Waals surface area contributed by atoms with E-state index >= 15 is 0 Å². The van der Waals surface area contributed by atoms with Gasteiger partial charge in [0.2, 0.25) is 0 Å². The Morgan fingerprint density at radius 2 is 0.684 bits per heavy atom. The van der Waals surface area contributed by atoms with E-state index in [4.69, 9.17) is 0 Å². The van der Waals surface area contributed by atoms with Gasteiger partial charge in [-0.25, -0.2) is 0 Å². The summed E-state index contributed by atoms with van der Waals surface area (Å²) in [5, 5.41) is 7.67. The van der Waals surface area contributed by atoms with Crippen LogP contribution < -0.4 is 0 Å². The van der Waals surface area contributed by atoms with E-state index < -0.39 is 0 Å². The molecule has 0 amide bonds. The highest BCUT2D eigenvalue weighted by Crippen LogP contribution is 2.42. The molecule has 57 heavy (non-hydrogen) atoms. The molecule has 0 aliphatic carbocycles. The molecule has 0 unspecified atom stereocenters. The molecular weight excluding hydrogens is 709 g/mol. The number of hydrogen-bond donors (Lipinski definition) is 0.